The van der Waals surface area contributed by atoms with Crippen molar-refractivity contribution in [2.75, 3.05) is 0 Å². The molecule has 1 aromatic heterocycles. The van der Waals surface area contributed by atoms with Crippen molar-refractivity contribution >= 4 is 39.3 Å². The van der Waals surface area contributed by atoms with Crippen LogP contribution in [-0.2, 0) is 6.54 Å². The minimum Gasteiger partial charge on any atom is -0.409 e. The Morgan fingerprint density at radius 1 is 1.14 bits per heavy atom. The average molecular weight is 391 g/mol. The van der Waals surface area contributed by atoms with Gasteiger partial charge in [0.1, 0.15) is 0 Å². The molecule has 0 radical (unpaired) electrons. The zero-order chi connectivity index (χ0) is 14.8. The predicted octanol–water partition coefficient (Wildman–Crippen LogP) is 3.39. The Kier molecular flexibility index (Phi) is 3.83. The van der Waals surface area contributed by atoms with E-state index in [2.05, 4.69) is 56.6 Å². The molecule has 0 fully saturated rings. The minimum atomic E-state index is 0.132. The van der Waals surface area contributed by atoms with Crippen LogP contribution in [0.3, 0.4) is 0 Å². The third-order valence-corrected chi connectivity index (χ3v) is 4.18. The van der Waals surface area contributed by atoms with Crippen molar-refractivity contribution in [3.8, 4) is 0 Å². The topological polar surface area (TPSA) is 63.5 Å². The first-order valence-electron chi connectivity index (χ1n) is 6.49. The standard InChI is InChI=1S/C16H14IN3O/c17-12-6-4-11(5-7-12)10-20-9-8-13-14(16(18)19-21)2-1-3-15(13)20/h1-9,21H,10H2,(H2,18,19). The molecular formula is C16H14IN3O. The Bertz CT molecular complexity index is 806. The summed E-state index contributed by atoms with van der Waals surface area (Å²) in [4.78, 5) is 0. The van der Waals surface area contributed by atoms with Crippen molar-refractivity contribution in [1.29, 1.82) is 0 Å². The number of nitrogens with zero attached hydrogens (tertiary/aromatic N) is 2. The highest BCUT2D eigenvalue weighted by Gasteiger charge is 2.09. The molecule has 0 atom stereocenters. The van der Waals surface area contributed by atoms with Crippen molar-refractivity contribution in [3.63, 3.8) is 0 Å². The van der Waals surface area contributed by atoms with Gasteiger partial charge >= 0.3 is 0 Å². The fourth-order valence-corrected chi connectivity index (χ4v) is 2.78. The Hall–Kier alpha value is -2.02. The summed E-state index contributed by atoms with van der Waals surface area (Å²) in [5.41, 5.74) is 8.78. The van der Waals surface area contributed by atoms with Crippen LogP contribution in [0.5, 0.6) is 0 Å². The Morgan fingerprint density at radius 3 is 2.62 bits per heavy atom. The number of aromatic nitrogens is 1. The van der Waals surface area contributed by atoms with Crippen molar-refractivity contribution in [3.05, 3.63) is 69.4 Å². The molecule has 0 bridgehead atoms. The maximum Gasteiger partial charge on any atom is 0.170 e. The van der Waals surface area contributed by atoms with Gasteiger partial charge in [-0.1, -0.05) is 29.4 Å². The Morgan fingerprint density at radius 2 is 1.90 bits per heavy atom. The smallest absolute Gasteiger partial charge is 0.170 e. The van der Waals surface area contributed by atoms with E-state index in [1.54, 1.807) is 0 Å². The molecule has 1 heterocycles. The molecule has 2 aromatic carbocycles. The number of oxime groups is 1. The Labute approximate surface area is 136 Å². The maximum absolute atomic E-state index is 8.87. The molecule has 5 heteroatoms. The van der Waals surface area contributed by atoms with E-state index in [0.717, 1.165) is 23.0 Å². The van der Waals surface area contributed by atoms with Gasteiger partial charge in [0.15, 0.2) is 5.84 Å². The molecule has 0 saturated heterocycles. The van der Waals surface area contributed by atoms with Crippen LogP contribution in [0.1, 0.15) is 11.1 Å². The van der Waals surface area contributed by atoms with Crippen LogP contribution in [-0.4, -0.2) is 15.6 Å². The highest BCUT2D eigenvalue weighted by molar-refractivity contribution is 14.1. The number of hydrogen-bond acceptors (Lipinski definition) is 2. The van der Waals surface area contributed by atoms with Crippen LogP contribution >= 0.6 is 22.6 Å². The summed E-state index contributed by atoms with van der Waals surface area (Å²) < 4.78 is 3.38. The lowest BCUT2D eigenvalue weighted by Gasteiger charge is -2.07. The van der Waals surface area contributed by atoms with Gasteiger partial charge in [0.2, 0.25) is 0 Å². The molecule has 106 valence electrons. The van der Waals surface area contributed by atoms with Crippen LogP contribution in [0, 0.1) is 3.57 Å². The Balaban J connectivity index is 2.03. The number of fused-ring (bicyclic) bond motifs is 1. The lowest BCUT2D eigenvalue weighted by atomic mass is 10.1. The molecule has 0 unspecified atom stereocenters. The summed E-state index contributed by atoms with van der Waals surface area (Å²) in [6.45, 7) is 0.792. The molecule has 4 nitrogen and oxygen atoms in total. The number of amidine groups is 1. The van der Waals surface area contributed by atoms with Crippen LogP contribution in [0.4, 0.5) is 0 Å². The summed E-state index contributed by atoms with van der Waals surface area (Å²) in [7, 11) is 0. The van der Waals surface area contributed by atoms with Gasteiger partial charge in [-0.25, -0.2) is 0 Å². The van der Waals surface area contributed by atoms with Gasteiger partial charge < -0.3 is 15.5 Å². The predicted molar refractivity (Wildman–Crippen MR) is 92.7 cm³/mol. The fraction of sp³-hybridized carbons (Fsp3) is 0.0625. The third-order valence-electron chi connectivity index (χ3n) is 3.46. The lowest BCUT2D eigenvalue weighted by Crippen LogP contribution is -2.13. The molecule has 0 aliphatic rings. The molecule has 0 saturated carbocycles. The number of nitrogens with two attached hydrogens (primary N) is 1. The summed E-state index contributed by atoms with van der Waals surface area (Å²) in [5, 5.41) is 13.0. The molecule has 0 aliphatic heterocycles. The minimum absolute atomic E-state index is 0.132. The van der Waals surface area contributed by atoms with Gasteiger partial charge in [0.25, 0.3) is 0 Å². The number of benzene rings is 2. The van der Waals surface area contributed by atoms with E-state index < -0.39 is 0 Å². The van der Waals surface area contributed by atoms with E-state index in [4.69, 9.17) is 10.9 Å². The molecular weight excluding hydrogens is 377 g/mol. The SMILES string of the molecule is N/C(=N/O)c1cccc2c1ccn2Cc1ccc(I)cc1. The second kappa shape index (κ2) is 5.77. The fourth-order valence-electron chi connectivity index (χ4n) is 2.43. The number of hydrogen-bond donors (Lipinski definition) is 2. The maximum atomic E-state index is 8.87. The quantitative estimate of drug-likeness (QED) is 0.236. The van der Waals surface area contributed by atoms with Crippen molar-refractivity contribution in [1.82, 2.24) is 4.57 Å². The second-order valence-electron chi connectivity index (χ2n) is 4.79. The third kappa shape index (κ3) is 2.73. The number of halogens is 1. The van der Waals surface area contributed by atoms with E-state index in [1.807, 2.05) is 30.5 Å². The molecule has 21 heavy (non-hydrogen) atoms. The first kappa shape index (κ1) is 13.9. The van der Waals surface area contributed by atoms with Crippen molar-refractivity contribution in [2.24, 2.45) is 10.9 Å². The van der Waals surface area contributed by atoms with Gasteiger partial charge in [0.05, 0.1) is 0 Å². The zero-order valence-electron chi connectivity index (χ0n) is 11.2. The van der Waals surface area contributed by atoms with Gasteiger partial charge in [0, 0.05) is 32.8 Å². The second-order valence-corrected chi connectivity index (χ2v) is 6.04. The molecule has 3 aromatic rings. The van der Waals surface area contributed by atoms with Crippen LogP contribution in [0.25, 0.3) is 10.9 Å². The van der Waals surface area contributed by atoms with E-state index in [-0.39, 0.29) is 5.84 Å². The summed E-state index contributed by atoms with van der Waals surface area (Å²) in [6.07, 6.45) is 2.02. The van der Waals surface area contributed by atoms with Gasteiger partial charge in [-0.2, -0.15) is 0 Å². The monoisotopic (exact) mass is 391 g/mol. The van der Waals surface area contributed by atoms with Crippen LogP contribution < -0.4 is 5.73 Å². The van der Waals surface area contributed by atoms with Crippen LogP contribution in [0.2, 0.25) is 0 Å². The molecule has 0 amide bonds. The molecule has 0 spiro atoms. The first-order chi connectivity index (χ1) is 10.2. The normalized spacial score (nSPS) is 12.0. The first-order valence-corrected chi connectivity index (χ1v) is 7.57. The lowest BCUT2D eigenvalue weighted by molar-refractivity contribution is 0.318. The van der Waals surface area contributed by atoms with E-state index in [9.17, 15) is 0 Å². The average Bonchev–Trinajstić information content (AvgIpc) is 2.92. The molecule has 3 rings (SSSR count). The van der Waals surface area contributed by atoms with E-state index in [0.29, 0.717) is 0 Å². The van der Waals surface area contributed by atoms with Crippen molar-refractivity contribution in [2.45, 2.75) is 6.54 Å². The summed E-state index contributed by atoms with van der Waals surface area (Å²) in [6, 6.07) is 16.3. The zero-order valence-corrected chi connectivity index (χ0v) is 13.4. The summed E-state index contributed by atoms with van der Waals surface area (Å²) >= 11 is 2.30. The van der Waals surface area contributed by atoms with Gasteiger partial charge in [-0.3, -0.25) is 0 Å². The van der Waals surface area contributed by atoms with E-state index >= 15 is 0 Å². The van der Waals surface area contributed by atoms with Crippen molar-refractivity contribution < 1.29 is 5.21 Å². The summed E-state index contributed by atoms with van der Waals surface area (Å²) in [5.74, 6) is 0.132. The van der Waals surface area contributed by atoms with E-state index in [1.165, 1.54) is 9.13 Å². The number of rotatable bonds is 3. The van der Waals surface area contributed by atoms with Crippen LogP contribution in [0.15, 0.2) is 59.9 Å². The van der Waals surface area contributed by atoms with Gasteiger partial charge in [-0.15, -0.1) is 0 Å². The highest BCUT2D eigenvalue weighted by atomic mass is 127. The largest absolute Gasteiger partial charge is 0.409 e. The molecule has 0 aliphatic carbocycles. The highest BCUT2D eigenvalue weighted by Crippen LogP contribution is 2.21. The van der Waals surface area contributed by atoms with Gasteiger partial charge in [-0.05, 0) is 52.4 Å². The molecule has 3 N–H and O–H groups in total.